The first kappa shape index (κ1) is 17.4. The SMILES string of the molecule is CCOc1cccc(C=NC[C@H](O)c2ccc([N+](=O)[O-])cc2)c1O. The predicted molar refractivity (Wildman–Crippen MR) is 89.8 cm³/mol. The largest absolute Gasteiger partial charge is 0.504 e. The number of ether oxygens (including phenoxy) is 1. The molecule has 0 aliphatic carbocycles. The van der Waals surface area contributed by atoms with E-state index in [2.05, 4.69) is 4.99 Å². The fraction of sp³-hybridized carbons (Fsp3) is 0.235. The van der Waals surface area contributed by atoms with Crippen molar-refractivity contribution in [2.75, 3.05) is 13.2 Å². The molecule has 24 heavy (non-hydrogen) atoms. The highest BCUT2D eigenvalue weighted by molar-refractivity contribution is 5.84. The number of nitro groups is 1. The van der Waals surface area contributed by atoms with Crippen LogP contribution in [0.3, 0.4) is 0 Å². The fourth-order valence-corrected chi connectivity index (χ4v) is 2.09. The van der Waals surface area contributed by atoms with Crippen molar-refractivity contribution in [2.45, 2.75) is 13.0 Å². The summed E-state index contributed by atoms with van der Waals surface area (Å²) in [6.45, 7) is 2.32. The van der Waals surface area contributed by atoms with E-state index in [1.165, 1.54) is 30.5 Å². The Morgan fingerprint density at radius 2 is 2.00 bits per heavy atom. The zero-order chi connectivity index (χ0) is 17.5. The lowest BCUT2D eigenvalue weighted by Gasteiger charge is -2.09. The van der Waals surface area contributed by atoms with Gasteiger partial charge in [-0.25, -0.2) is 0 Å². The molecule has 0 saturated carbocycles. The molecule has 0 bridgehead atoms. The van der Waals surface area contributed by atoms with E-state index >= 15 is 0 Å². The normalized spacial score (nSPS) is 12.2. The van der Waals surface area contributed by atoms with Gasteiger partial charge >= 0.3 is 0 Å². The number of rotatable bonds is 7. The van der Waals surface area contributed by atoms with Crippen LogP contribution in [-0.4, -0.2) is 34.5 Å². The lowest BCUT2D eigenvalue weighted by molar-refractivity contribution is -0.384. The molecule has 1 atom stereocenters. The maximum Gasteiger partial charge on any atom is 0.269 e. The molecule has 2 rings (SSSR count). The molecule has 0 spiro atoms. The smallest absolute Gasteiger partial charge is 0.269 e. The topological polar surface area (TPSA) is 105 Å². The third-order valence-electron chi connectivity index (χ3n) is 3.33. The summed E-state index contributed by atoms with van der Waals surface area (Å²) in [4.78, 5) is 14.2. The third-order valence-corrected chi connectivity index (χ3v) is 3.33. The molecular weight excluding hydrogens is 312 g/mol. The molecule has 0 fully saturated rings. The molecule has 0 heterocycles. The van der Waals surface area contributed by atoms with Gasteiger partial charge in [0.2, 0.25) is 0 Å². The molecule has 0 amide bonds. The second-order valence-electron chi connectivity index (χ2n) is 4.99. The monoisotopic (exact) mass is 330 g/mol. The van der Waals surface area contributed by atoms with Crippen LogP contribution in [0.1, 0.15) is 24.2 Å². The number of nitro benzene ring substituents is 1. The van der Waals surface area contributed by atoms with Crippen molar-refractivity contribution in [2.24, 2.45) is 4.99 Å². The van der Waals surface area contributed by atoms with Crippen LogP contribution < -0.4 is 4.74 Å². The Balaban J connectivity index is 2.03. The van der Waals surface area contributed by atoms with Crippen molar-refractivity contribution >= 4 is 11.9 Å². The number of aliphatic hydroxyl groups excluding tert-OH is 1. The summed E-state index contributed by atoms with van der Waals surface area (Å²) >= 11 is 0. The third kappa shape index (κ3) is 4.30. The number of aliphatic imine (C=N–C) groups is 1. The van der Waals surface area contributed by atoms with Crippen LogP contribution in [0.5, 0.6) is 11.5 Å². The van der Waals surface area contributed by atoms with Crippen LogP contribution in [-0.2, 0) is 0 Å². The minimum atomic E-state index is -0.890. The Hall–Kier alpha value is -2.93. The van der Waals surface area contributed by atoms with Crippen LogP contribution in [0.15, 0.2) is 47.5 Å². The fourth-order valence-electron chi connectivity index (χ4n) is 2.09. The van der Waals surface area contributed by atoms with Crippen molar-refractivity contribution in [1.29, 1.82) is 0 Å². The Kier molecular flexibility index (Phi) is 5.86. The minimum absolute atomic E-state index is 0.00655. The standard InChI is InChI=1S/C17H18N2O5/c1-2-24-16-5-3-4-13(17(16)21)10-18-11-15(20)12-6-8-14(9-7-12)19(22)23/h3-10,15,20-21H,2,11H2,1H3/t15-/m0/s1. The average molecular weight is 330 g/mol. The number of phenolic OH excluding ortho intramolecular Hbond substituents is 1. The number of para-hydroxylation sites is 1. The van der Waals surface area contributed by atoms with Gasteiger partial charge in [-0.15, -0.1) is 0 Å². The number of aliphatic hydroxyl groups is 1. The summed E-state index contributed by atoms with van der Waals surface area (Å²) in [5.74, 6) is 0.366. The summed E-state index contributed by atoms with van der Waals surface area (Å²) < 4.78 is 5.29. The van der Waals surface area contributed by atoms with Gasteiger partial charge in [0, 0.05) is 23.9 Å². The van der Waals surface area contributed by atoms with Gasteiger partial charge in [0.05, 0.1) is 24.2 Å². The van der Waals surface area contributed by atoms with E-state index < -0.39 is 11.0 Å². The van der Waals surface area contributed by atoms with E-state index in [0.29, 0.717) is 23.5 Å². The summed E-state index contributed by atoms with van der Waals surface area (Å²) in [6.07, 6.45) is 0.561. The van der Waals surface area contributed by atoms with E-state index in [-0.39, 0.29) is 18.0 Å². The van der Waals surface area contributed by atoms with Crippen LogP contribution >= 0.6 is 0 Å². The van der Waals surface area contributed by atoms with Crippen LogP contribution in [0.2, 0.25) is 0 Å². The summed E-state index contributed by atoms with van der Waals surface area (Å²) in [6, 6.07) is 10.7. The van der Waals surface area contributed by atoms with Gasteiger partial charge in [-0.1, -0.05) is 6.07 Å². The molecule has 2 aromatic rings. The van der Waals surface area contributed by atoms with E-state index in [0.717, 1.165) is 0 Å². The zero-order valence-corrected chi connectivity index (χ0v) is 13.1. The lowest BCUT2D eigenvalue weighted by atomic mass is 10.1. The number of hydrogen-bond acceptors (Lipinski definition) is 6. The average Bonchev–Trinajstić information content (AvgIpc) is 2.58. The van der Waals surface area contributed by atoms with Crippen molar-refractivity contribution < 1.29 is 19.9 Å². The van der Waals surface area contributed by atoms with Gasteiger partial charge in [-0.05, 0) is 36.8 Å². The van der Waals surface area contributed by atoms with Crippen molar-refractivity contribution in [3.63, 3.8) is 0 Å². The molecule has 0 saturated heterocycles. The van der Waals surface area contributed by atoms with E-state index in [1.54, 1.807) is 18.2 Å². The molecule has 0 aliphatic rings. The lowest BCUT2D eigenvalue weighted by Crippen LogP contribution is -2.02. The van der Waals surface area contributed by atoms with Gasteiger partial charge in [0.1, 0.15) is 0 Å². The van der Waals surface area contributed by atoms with Crippen LogP contribution in [0.4, 0.5) is 5.69 Å². The summed E-state index contributed by atoms with van der Waals surface area (Å²) in [5.41, 5.74) is 0.981. The number of nitrogens with zero attached hydrogens (tertiary/aromatic N) is 2. The molecular formula is C17H18N2O5. The molecule has 126 valence electrons. The van der Waals surface area contributed by atoms with Gasteiger partial charge in [-0.2, -0.15) is 0 Å². The zero-order valence-electron chi connectivity index (χ0n) is 13.1. The highest BCUT2D eigenvalue weighted by atomic mass is 16.6. The van der Waals surface area contributed by atoms with Gasteiger partial charge in [0.25, 0.3) is 5.69 Å². The van der Waals surface area contributed by atoms with E-state index in [1.807, 2.05) is 6.92 Å². The molecule has 0 unspecified atom stereocenters. The first-order chi connectivity index (χ1) is 11.5. The second kappa shape index (κ2) is 8.07. The van der Waals surface area contributed by atoms with Crippen molar-refractivity contribution in [3.05, 3.63) is 63.7 Å². The molecule has 0 aromatic heterocycles. The van der Waals surface area contributed by atoms with Gasteiger partial charge in [-0.3, -0.25) is 15.1 Å². The number of phenols is 1. The Morgan fingerprint density at radius 1 is 1.29 bits per heavy atom. The minimum Gasteiger partial charge on any atom is -0.504 e. The Bertz CT molecular complexity index is 728. The highest BCUT2D eigenvalue weighted by Crippen LogP contribution is 2.28. The van der Waals surface area contributed by atoms with Crippen LogP contribution in [0.25, 0.3) is 0 Å². The predicted octanol–water partition coefficient (Wildman–Crippen LogP) is 2.85. The number of hydrogen-bond donors (Lipinski definition) is 2. The van der Waals surface area contributed by atoms with E-state index in [4.69, 9.17) is 4.74 Å². The first-order valence-corrected chi connectivity index (χ1v) is 7.40. The van der Waals surface area contributed by atoms with E-state index in [9.17, 15) is 20.3 Å². The summed E-state index contributed by atoms with van der Waals surface area (Å²) in [5, 5.41) is 30.7. The molecule has 2 N–H and O–H groups in total. The van der Waals surface area contributed by atoms with Gasteiger partial charge < -0.3 is 14.9 Å². The maximum atomic E-state index is 10.6. The Labute approximate surface area is 139 Å². The first-order valence-electron chi connectivity index (χ1n) is 7.40. The van der Waals surface area contributed by atoms with Crippen molar-refractivity contribution in [1.82, 2.24) is 0 Å². The highest BCUT2D eigenvalue weighted by Gasteiger charge is 2.10. The number of benzene rings is 2. The molecule has 0 aliphatic heterocycles. The maximum absolute atomic E-state index is 10.6. The second-order valence-corrected chi connectivity index (χ2v) is 4.99. The summed E-state index contributed by atoms with van der Waals surface area (Å²) in [7, 11) is 0. The van der Waals surface area contributed by atoms with Crippen LogP contribution in [0, 0.1) is 10.1 Å². The van der Waals surface area contributed by atoms with Crippen molar-refractivity contribution in [3.8, 4) is 11.5 Å². The quantitative estimate of drug-likeness (QED) is 0.461. The molecule has 7 heteroatoms. The van der Waals surface area contributed by atoms with Gasteiger partial charge in [0.15, 0.2) is 11.5 Å². The Morgan fingerprint density at radius 3 is 2.62 bits per heavy atom. The number of non-ortho nitro benzene ring substituents is 1. The molecule has 0 radical (unpaired) electrons. The molecule has 2 aromatic carbocycles. The number of aromatic hydroxyl groups is 1. The molecule has 7 nitrogen and oxygen atoms in total.